The smallest absolute Gasteiger partial charge is 0.326 e. The number of aromatic amines is 2. The summed E-state index contributed by atoms with van der Waals surface area (Å²) >= 11 is 0. The van der Waals surface area contributed by atoms with Crippen molar-refractivity contribution in [3.8, 4) is 0 Å². The van der Waals surface area contributed by atoms with Gasteiger partial charge in [0.1, 0.15) is 18.1 Å². The third-order valence-electron chi connectivity index (χ3n) is 7.28. The average molecular weight is 617 g/mol. The van der Waals surface area contributed by atoms with E-state index in [2.05, 4.69) is 30.9 Å². The van der Waals surface area contributed by atoms with Crippen molar-refractivity contribution in [1.29, 1.82) is 0 Å². The molecule has 4 unspecified atom stereocenters. The predicted octanol–water partition coefficient (Wildman–Crippen LogP) is 0.0507. The van der Waals surface area contributed by atoms with Crippen LogP contribution in [0.2, 0.25) is 0 Å². The molecule has 0 bridgehead atoms. The molecule has 236 valence electrons. The van der Waals surface area contributed by atoms with E-state index in [4.69, 9.17) is 11.5 Å². The summed E-state index contributed by atoms with van der Waals surface area (Å²) in [5, 5.41) is 18.7. The van der Waals surface area contributed by atoms with E-state index >= 15 is 0 Å². The topological polar surface area (TPSA) is 238 Å². The van der Waals surface area contributed by atoms with Crippen molar-refractivity contribution in [2.45, 2.75) is 56.3 Å². The van der Waals surface area contributed by atoms with Crippen LogP contribution in [-0.4, -0.2) is 73.8 Å². The number of benzene rings is 2. The third kappa shape index (κ3) is 9.24. The van der Waals surface area contributed by atoms with Gasteiger partial charge in [0.15, 0.2) is 0 Å². The molecular formula is C31H36N8O6. The van der Waals surface area contributed by atoms with Crippen molar-refractivity contribution in [1.82, 2.24) is 30.9 Å². The van der Waals surface area contributed by atoms with Crippen molar-refractivity contribution in [3.63, 3.8) is 0 Å². The Morgan fingerprint density at radius 2 is 1.44 bits per heavy atom. The van der Waals surface area contributed by atoms with Crippen molar-refractivity contribution in [2.75, 3.05) is 0 Å². The second-order valence-corrected chi connectivity index (χ2v) is 10.7. The SMILES string of the molecule is NC(=O)CCC(N)C(=O)NC(Cc1cnc[nH]1)C(=O)NC(Cc1ccccc1)C(=O)NC(Cc1c[nH]c2ccccc12)C(=O)O. The number of carboxylic acid groups (broad SMARTS) is 1. The molecule has 0 spiro atoms. The number of aromatic nitrogens is 3. The molecule has 4 rings (SSSR count). The van der Waals surface area contributed by atoms with E-state index in [9.17, 15) is 29.1 Å². The van der Waals surface area contributed by atoms with Gasteiger partial charge in [0.2, 0.25) is 23.6 Å². The maximum Gasteiger partial charge on any atom is 0.326 e. The highest BCUT2D eigenvalue weighted by Gasteiger charge is 2.31. The van der Waals surface area contributed by atoms with Crippen LogP contribution in [0.5, 0.6) is 0 Å². The minimum absolute atomic E-state index is 0.00120. The number of hydrogen-bond donors (Lipinski definition) is 8. The Bertz CT molecular complexity index is 1620. The number of aliphatic carboxylic acids is 1. The Morgan fingerprint density at radius 1 is 0.800 bits per heavy atom. The number of fused-ring (bicyclic) bond motifs is 1. The fraction of sp³-hybridized carbons (Fsp3) is 0.290. The van der Waals surface area contributed by atoms with Crippen LogP contribution in [-0.2, 0) is 43.2 Å². The zero-order chi connectivity index (χ0) is 32.3. The summed E-state index contributed by atoms with van der Waals surface area (Å²) in [7, 11) is 0. The van der Waals surface area contributed by atoms with Gasteiger partial charge < -0.3 is 42.5 Å². The van der Waals surface area contributed by atoms with Crippen molar-refractivity contribution >= 4 is 40.5 Å². The van der Waals surface area contributed by atoms with E-state index in [1.165, 1.54) is 12.5 Å². The van der Waals surface area contributed by atoms with Gasteiger partial charge in [-0.05, 0) is 23.6 Å². The molecule has 0 fully saturated rings. The highest BCUT2D eigenvalue weighted by Crippen LogP contribution is 2.19. The number of nitrogens with zero attached hydrogens (tertiary/aromatic N) is 1. The molecule has 14 heteroatoms. The lowest BCUT2D eigenvalue weighted by Crippen LogP contribution is -2.58. The van der Waals surface area contributed by atoms with Crippen LogP contribution in [0.25, 0.3) is 10.9 Å². The van der Waals surface area contributed by atoms with E-state index in [-0.39, 0.29) is 32.1 Å². The quantitative estimate of drug-likeness (QED) is 0.0854. The molecular weight excluding hydrogens is 580 g/mol. The molecule has 2 heterocycles. The number of rotatable bonds is 16. The third-order valence-corrected chi connectivity index (χ3v) is 7.28. The average Bonchev–Trinajstić information content (AvgIpc) is 3.69. The summed E-state index contributed by atoms with van der Waals surface area (Å²) in [5.74, 6) is -3.98. The molecule has 4 atom stereocenters. The van der Waals surface area contributed by atoms with Crippen LogP contribution >= 0.6 is 0 Å². The molecule has 10 N–H and O–H groups in total. The number of carbonyl (C=O) groups is 5. The highest BCUT2D eigenvalue weighted by atomic mass is 16.4. The van der Waals surface area contributed by atoms with Crippen molar-refractivity contribution < 1.29 is 29.1 Å². The van der Waals surface area contributed by atoms with E-state index in [1.54, 1.807) is 36.5 Å². The largest absolute Gasteiger partial charge is 0.480 e. The Labute approximate surface area is 258 Å². The van der Waals surface area contributed by atoms with Crippen LogP contribution in [0.1, 0.15) is 29.7 Å². The maximum atomic E-state index is 13.6. The Hall–Kier alpha value is -5.50. The molecule has 14 nitrogen and oxygen atoms in total. The number of carboxylic acids is 1. The van der Waals surface area contributed by atoms with E-state index in [1.807, 2.05) is 24.3 Å². The molecule has 0 radical (unpaired) electrons. The van der Waals surface area contributed by atoms with Gasteiger partial charge >= 0.3 is 5.97 Å². The first-order valence-corrected chi connectivity index (χ1v) is 14.3. The predicted molar refractivity (Wildman–Crippen MR) is 164 cm³/mol. The summed E-state index contributed by atoms with van der Waals surface area (Å²) in [4.78, 5) is 73.4. The van der Waals surface area contributed by atoms with Crippen LogP contribution < -0.4 is 27.4 Å². The summed E-state index contributed by atoms with van der Waals surface area (Å²) < 4.78 is 0. The van der Waals surface area contributed by atoms with Crippen molar-refractivity contribution in [3.05, 3.63) is 90.1 Å². The van der Waals surface area contributed by atoms with Gasteiger partial charge in [0.05, 0.1) is 12.4 Å². The summed E-state index contributed by atoms with van der Waals surface area (Å²) in [6, 6.07) is 11.5. The standard InChI is InChI=1S/C31H36N8O6/c32-22(10-11-27(33)40)28(41)37-25(14-20-16-34-17-36-20)30(43)38-24(12-18-6-2-1-3-7-18)29(42)39-26(31(44)45)13-19-15-35-23-9-5-4-8-21(19)23/h1-9,15-17,22,24-26,35H,10-14,32H2,(H2,33,40)(H,34,36)(H,37,41)(H,38,43)(H,39,42)(H,44,45). The van der Waals surface area contributed by atoms with E-state index in [0.717, 1.165) is 10.9 Å². The van der Waals surface area contributed by atoms with Crippen molar-refractivity contribution in [2.24, 2.45) is 11.5 Å². The van der Waals surface area contributed by atoms with E-state index in [0.29, 0.717) is 16.8 Å². The highest BCUT2D eigenvalue weighted by molar-refractivity contribution is 5.94. The number of amides is 4. The number of imidazole rings is 1. The van der Waals surface area contributed by atoms with E-state index < -0.39 is 53.8 Å². The lowest BCUT2D eigenvalue weighted by atomic mass is 10.0. The first kappa shape index (κ1) is 32.4. The zero-order valence-corrected chi connectivity index (χ0v) is 24.4. The summed E-state index contributed by atoms with van der Waals surface area (Å²) in [6.45, 7) is 0. The lowest BCUT2D eigenvalue weighted by Gasteiger charge is -2.25. The number of H-pyrrole nitrogens is 2. The van der Waals surface area contributed by atoms with Gasteiger partial charge in [-0.2, -0.15) is 0 Å². The lowest BCUT2D eigenvalue weighted by molar-refractivity contribution is -0.142. The first-order chi connectivity index (χ1) is 21.6. The Balaban J connectivity index is 1.53. The molecule has 0 aliphatic rings. The molecule has 4 amide bonds. The Kier molecular flexibility index (Phi) is 11.0. The second kappa shape index (κ2) is 15.3. The van der Waals surface area contributed by atoms with Gasteiger partial charge in [-0.3, -0.25) is 19.2 Å². The molecule has 2 aromatic heterocycles. The van der Waals surface area contributed by atoms with Gasteiger partial charge in [-0.25, -0.2) is 9.78 Å². The fourth-order valence-electron chi connectivity index (χ4n) is 4.86. The zero-order valence-electron chi connectivity index (χ0n) is 24.4. The van der Waals surface area contributed by atoms with Crippen LogP contribution in [0.4, 0.5) is 0 Å². The fourth-order valence-corrected chi connectivity index (χ4v) is 4.86. The number of para-hydroxylation sites is 1. The van der Waals surface area contributed by atoms with Gasteiger partial charge in [-0.1, -0.05) is 48.5 Å². The summed E-state index contributed by atoms with van der Waals surface area (Å²) in [5.41, 5.74) is 13.9. The molecule has 0 aliphatic carbocycles. The molecule has 0 saturated carbocycles. The molecule has 2 aromatic carbocycles. The number of hydrogen-bond acceptors (Lipinski definition) is 7. The van der Waals surface area contributed by atoms with Gasteiger partial charge in [0.25, 0.3) is 0 Å². The molecule has 0 aliphatic heterocycles. The first-order valence-electron chi connectivity index (χ1n) is 14.3. The number of nitrogens with two attached hydrogens (primary N) is 2. The van der Waals surface area contributed by atoms with Gasteiger partial charge in [0, 0.05) is 54.7 Å². The number of primary amides is 1. The molecule has 0 saturated heterocycles. The minimum Gasteiger partial charge on any atom is -0.480 e. The summed E-state index contributed by atoms with van der Waals surface area (Å²) in [6.07, 6.45) is 4.48. The normalized spacial score (nSPS) is 13.7. The van der Waals surface area contributed by atoms with Gasteiger partial charge in [-0.15, -0.1) is 0 Å². The monoisotopic (exact) mass is 616 g/mol. The number of nitrogens with one attached hydrogen (secondary N) is 5. The maximum absolute atomic E-state index is 13.6. The van der Waals surface area contributed by atoms with Crippen LogP contribution in [0.15, 0.2) is 73.3 Å². The minimum atomic E-state index is -1.30. The second-order valence-electron chi connectivity index (χ2n) is 10.7. The van der Waals surface area contributed by atoms with Crippen LogP contribution in [0.3, 0.4) is 0 Å². The molecule has 4 aromatic rings. The van der Waals surface area contributed by atoms with Crippen LogP contribution in [0, 0.1) is 0 Å². The molecule has 45 heavy (non-hydrogen) atoms. The number of carbonyl (C=O) groups excluding carboxylic acids is 4. The Morgan fingerprint density at radius 3 is 2.11 bits per heavy atom.